The van der Waals surface area contributed by atoms with Crippen LogP contribution in [-0.4, -0.2) is 4.98 Å². The fourth-order valence-electron chi connectivity index (χ4n) is 1.14. The van der Waals surface area contributed by atoms with Crippen LogP contribution in [0.5, 0.6) is 0 Å². The Kier molecular flexibility index (Phi) is 3.78. The van der Waals surface area contributed by atoms with Crippen molar-refractivity contribution in [1.29, 1.82) is 5.26 Å². The third-order valence-corrected chi connectivity index (χ3v) is 2.09. The summed E-state index contributed by atoms with van der Waals surface area (Å²) in [5.41, 5.74) is 0.603. The molecule has 0 atom stereocenters. The summed E-state index contributed by atoms with van der Waals surface area (Å²) < 4.78 is 24.9. The van der Waals surface area contributed by atoms with Gasteiger partial charge in [-0.05, 0) is 11.1 Å². The summed E-state index contributed by atoms with van der Waals surface area (Å²) in [7, 11) is 0. The molecule has 1 rings (SSSR count). The Labute approximate surface area is 85.1 Å². The predicted molar refractivity (Wildman–Crippen MR) is 48.1 cm³/mol. The molecular formula is C9H7ClF2N2. The van der Waals surface area contributed by atoms with Gasteiger partial charge in [0.15, 0.2) is 0 Å². The first-order valence-electron chi connectivity index (χ1n) is 3.87. The van der Waals surface area contributed by atoms with Crippen molar-refractivity contribution in [1.82, 2.24) is 4.98 Å². The van der Waals surface area contributed by atoms with Crippen LogP contribution in [-0.2, 0) is 12.3 Å². The van der Waals surface area contributed by atoms with Crippen molar-refractivity contribution < 1.29 is 8.78 Å². The van der Waals surface area contributed by atoms with E-state index in [-0.39, 0.29) is 17.9 Å². The second kappa shape index (κ2) is 4.87. The van der Waals surface area contributed by atoms with Gasteiger partial charge in [0.1, 0.15) is 0 Å². The van der Waals surface area contributed by atoms with E-state index in [4.69, 9.17) is 16.9 Å². The molecule has 0 aliphatic heterocycles. The highest BCUT2D eigenvalue weighted by molar-refractivity contribution is 6.17. The first-order valence-corrected chi connectivity index (χ1v) is 4.40. The molecule has 74 valence electrons. The number of hydrogen-bond donors (Lipinski definition) is 0. The van der Waals surface area contributed by atoms with Gasteiger partial charge in [-0.15, -0.1) is 11.6 Å². The van der Waals surface area contributed by atoms with E-state index in [1.54, 1.807) is 0 Å². The maximum atomic E-state index is 12.5. The van der Waals surface area contributed by atoms with E-state index in [0.29, 0.717) is 11.1 Å². The van der Waals surface area contributed by atoms with Crippen LogP contribution in [0.25, 0.3) is 0 Å². The van der Waals surface area contributed by atoms with Crippen LogP contribution >= 0.6 is 11.6 Å². The summed E-state index contributed by atoms with van der Waals surface area (Å²) in [6, 6.07) is 1.88. The van der Waals surface area contributed by atoms with Gasteiger partial charge in [-0.3, -0.25) is 4.98 Å². The maximum absolute atomic E-state index is 12.5. The highest BCUT2D eigenvalue weighted by atomic mass is 35.5. The molecule has 0 spiro atoms. The Balaban J connectivity index is 3.19. The zero-order valence-electron chi connectivity index (χ0n) is 7.17. The number of nitrogens with zero attached hydrogens (tertiary/aromatic N) is 2. The van der Waals surface area contributed by atoms with Gasteiger partial charge in [-0.1, -0.05) is 0 Å². The molecule has 0 aromatic carbocycles. The summed E-state index contributed by atoms with van der Waals surface area (Å²) >= 11 is 5.55. The Morgan fingerprint density at radius 3 is 2.71 bits per heavy atom. The van der Waals surface area contributed by atoms with Crippen LogP contribution in [0.4, 0.5) is 8.78 Å². The van der Waals surface area contributed by atoms with E-state index in [0.717, 1.165) is 6.20 Å². The van der Waals surface area contributed by atoms with E-state index in [9.17, 15) is 8.78 Å². The average Bonchev–Trinajstić information content (AvgIpc) is 2.18. The summed E-state index contributed by atoms with van der Waals surface area (Å²) in [4.78, 5) is 3.64. The van der Waals surface area contributed by atoms with E-state index in [1.807, 2.05) is 6.07 Å². The number of hydrogen-bond acceptors (Lipinski definition) is 2. The van der Waals surface area contributed by atoms with Crippen LogP contribution in [0.2, 0.25) is 0 Å². The molecule has 0 radical (unpaired) electrons. The highest BCUT2D eigenvalue weighted by Crippen LogP contribution is 2.25. The lowest BCUT2D eigenvalue weighted by Gasteiger charge is -2.08. The summed E-state index contributed by atoms with van der Waals surface area (Å²) in [6.07, 6.45) is -0.0685. The predicted octanol–water partition coefficient (Wildman–Crippen LogP) is 2.82. The number of pyridine rings is 1. The standard InChI is InChI=1S/C9H7ClF2N2/c10-3-7-6(1-2-13)4-14-5-8(7)9(11)12/h4-5,9H,1,3H2. The summed E-state index contributed by atoms with van der Waals surface area (Å²) in [5, 5.41) is 8.46. The van der Waals surface area contributed by atoms with Gasteiger partial charge in [0.25, 0.3) is 6.43 Å². The van der Waals surface area contributed by atoms with Gasteiger partial charge in [-0.2, -0.15) is 5.26 Å². The minimum Gasteiger partial charge on any atom is -0.264 e. The minimum atomic E-state index is -2.60. The van der Waals surface area contributed by atoms with Crippen molar-refractivity contribution in [3.63, 3.8) is 0 Å². The minimum absolute atomic E-state index is 0.0286. The third-order valence-electron chi connectivity index (χ3n) is 1.82. The van der Waals surface area contributed by atoms with Crippen molar-refractivity contribution >= 4 is 11.6 Å². The molecule has 0 aliphatic carbocycles. The highest BCUT2D eigenvalue weighted by Gasteiger charge is 2.15. The maximum Gasteiger partial charge on any atom is 0.265 e. The molecule has 1 heterocycles. The van der Waals surface area contributed by atoms with Crippen molar-refractivity contribution in [3.05, 3.63) is 29.1 Å². The molecule has 0 saturated heterocycles. The SMILES string of the molecule is N#CCc1cncc(C(F)F)c1CCl. The van der Waals surface area contributed by atoms with Crippen LogP contribution < -0.4 is 0 Å². The van der Waals surface area contributed by atoms with E-state index >= 15 is 0 Å². The van der Waals surface area contributed by atoms with Gasteiger partial charge in [0.05, 0.1) is 12.5 Å². The van der Waals surface area contributed by atoms with Gasteiger partial charge in [0.2, 0.25) is 0 Å². The monoisotopic (exact) mass is 216 g/mol. The van der Waals surface area contributed by atoms with Crippen molar-refractivity contribution in [2.45, 2.75) is 18.7 Å². The number of alkyl halides is 3. The second-order valence-electron chi connectivity index (χ2n) is 2.64. The smallest absolute Gasteiger partial charge is 0.264 e. The molecular weight excluding hydrogens is 210 g/mol. The van der Waals surface area contributed by atoms with Gasteiger partial charge in [0, 0.05) is 23.8 Å². The van der Waals surface area contributed by atoms with Crippen LogP contribution in [0.15, 0.2) is 12.4 Å². The molecule has 5 heteroatoms. The summed E-state index contributed by atoms with van der Waals surface area (Å²) in [6.45, 7) is 0. The van der Waals surface area contributed by atoms with Crippen molar-refractivity contribution in [2.75, 3.05) is 0 Å². The normalized spacial score (nSPS) is 10.2. The number of rotatable bonds is 3. The van der Waals surface area contributed by atoms with E-state index in [1.165, 1.54) is 6.20 Å². The molecule has 0 unspecified atom stereocenters. The number of halogens is 3. The van der Waals surface area contributed by atoms with Crippen LogP contribution in [0, 0.1) is 11.3 Å². The lowest BCUT2D eigenvalue weighted by molar-refractivity contribution is 0.150. The van der Waals surface area contributed by atoms with Crippen LogP contribution in [0.3, 0.4) is 0 Å². The van der Waals surface area contributed by atoms with Crippen molar-refractivity contribution in [2.24, 2.45) is 0 Å². The fraction of sp³-hybridized carbons (Fsp3) is 0.333. The molecule has 0 saturated carbocycles. The largest absolute Gasteiger partial charge is 0.265 e. The lowest BCUT2D eigenvalue weighted by Crippen LogP contribution is -1.99. The zero-order valence-corrected chi connectivity index (χ0v) is 7.93. The molecule has 1 aromatic heterocycles. The Bertz CT molecular complexity index is 360. The van der Waals surface area contributed by atoms with Gasteiger partial charge < -0.3 is 0 Å². The Morgan fingerprint density at radius 1 is 1.50 bits per heavy atom. The fourth-order valence-corrected chi connectivity index (χ4v) is 1.46. The van der Waals surface area contributed by atoms with E-state index in [2.05, 4.69) is 4.98 Å². The molecule has 14 heavy (non-hydrogen) atoms. The quantitative estimate of drug-likeness (QED) is 0.729. The lowest BCUT2D eigenvalue weighted by atomic mass is 10.0. The molecule has 0 amide bonds. The van der Waals surface area contributed by atoms with Gasteiger partial charge in [-0.25, -0.2) is 8.78 Å². The zero-order chi connectivity index (χ0) is 10.6. The first kappa shape index (κ1) is 10.9. The summed E-state index contributed by atoms with van der Waals surface area (Å²) in [5.74, 6) is -0.0286. The number of nitriles is 1. The molecule has 0 bridgehead atoms. The molecule has 0 N–H and O–H groups in total. The average molecular weight is 217 g/mol. The van der Waals surface area contributed by atoms with Crippen molar-refractivity contribution in [3.8, 4) is 6.07 Å². The number of aromatic nitrogens is 1. The molecule has 2 nitrogen and oxygen atoms in total. The molecule has 1 aromatic rings. The molecule has 0 fully saturated rings. The second-order valence-corrected chi connectivity index (χ2v) is 2.90. The van der Waals surface area contributed by atoms with Gasteiger partial charge >= 0.3 is 0 Å². The van der Waals surface area contributed by atoms with E-state index < -0.39 is 6.43 Å². The first-order chi connectivity index (χ1) is 6.70. The third kappa shape index (κ3) is 2.18. The topological polar surface area (TPSA) is 36.7 Å². The van der Waals surface area contributed by atoms with Crippen LogP contribution in [0.1, 0.15) is 23.1 Å². The Morgan fingerprint density at radius 2 is 2.21 bits per heavy atom. The Hall–Kier alpha value is -1.21. The molecule has 0 aliphatic rings.